The van der Waals surface area contributed by atoms with Gasteiger partial charge in [-0.3, -0.25) is 4.79 Å². The number of aryl methyl sites for hydroxylation is 1. The first kappa shape index (κ1) is 24.4. The monoisotopic (exact) mass is 582 g/mol. The minimum atomic E-state index is -0.188. The van der Waals surface area contributed by atoms with E-state index in [1.54, 1.807) is 31.5 Å². The summed E-state index contributed by atoms with van der Waals surface area (Å²) in [4.78, 5) is 12.1. The van der Waals surface area contributed by atoms with Crippen molar-refractivity contribution in [3.05, 3.63) is 90.5 Å². The van der Waals surface area contributed by atoms with E-state index < -0.39 is 0 Å². The van der Waals surface area contributed by atoms with Crippen molar-refractivity contribution in [2.75, 3.05) is 7.11 Å². The molecule has 0 spiro atoms. The molecule has 3 rings (SSSR count). The number of hydrazone groups is 1. The smallest absolute Gasteiger partial charge is 0.244 e. The third-order valence-electron chi connectivity index (χ3n) is 4.53. The lowest BCUT2D eigenvalue weighted by Crippen LogP contribution is -2.19. The molecular formula is C24H21Cl2IN2O3. The van der Waals surface area contributed by atoms with Gasteiger partial charge in [0.2, 0.25) is 5.91 Å². The minimum Gasteiger partial charge on any atom is -0.493 e. The Morgan fingerprint density at radius 2 is 1.88 bits per heavy atom. The van der Waals surface area contributed by atoms with Gasteiger partial charge < -0.3 is 9.47 Å². The highest BCUT2D eigenvalue weighted by atomic mass is 127. The van der Waals surface area contributed by atoms with Crippen molar-refractivity contribution in [1.82, 2.24) is 5.43 Å². The Balaban J connectivity index is 1.64. The van der Waals surface area contributed by atoms with Crippen LogP contribution in [0.2, 0.25) is 10.0 Å². The molecule has 0 saturated carbocycles. The van der Waals surface area contributed by atoms with Gasteiger partial charge in [0, 0.05) is 15.6 Å². The van der Waals surface area contributed by atoms with Crippen molar-refractivity contribution < 1.29 is 14.3 Å². The quantitative estimate of drug-likeness (QED) is 0.196. The highest BCUT2D eigenvalue weighted by Crippen LogP contribution is 2.34. The van der Waals surface area contributed by atoms with Gasteiger partial charge in [-0.1, -0.05) is 59.1 Å². The predicted molar refractivity (Wildman–Crippen MR) is 137 cm³/mol. The molecule has 0 unspecified atom stereocenters. The number of carbonyl (C=O) groups excluding carboxylic acids is 1. The van der Waals surface area contributed by atoms with Crippen LogP contribution in [0.3, 0.4) is 0 Å². The maximum absolute atomic E-state index is 12.1. The van der Waals surface area contributed by atoms with E-state index in [4.69, 9.17) is 32.7 Å². The third kappa shape index (κ3) is 6.85. The topological polar surface area (TPSA) is 59.9 Å². The number of halogens is 3. The molecule has 0 bridgehead atoms. The first-order chi connectivity index (χ1) is 15.4. The van der Waals surface area contributed by atoms with Crippen LogP contribution in [0, 0.1) is 10.5 Å². The van der Waals surface area contributed by atoms with Crippen LogP contribution < -0.4 is 14.9 Å². The normalized spacial score (nSPS) is 10.9. The Labute approximate surface area is 210 Å². The lowest BCUT2D eigenvalue weighted by molar-refractivity contribution is -0.120. The highest BCUT2D eigenvalue weighted by molar-refractivity contribution is 14.1. The fourth-order valence-electron chi connectivity index (χ4n) is 2.85. The van der Waals surface area contributed by atoms with Crippen molar-refractivity contribution in [2.24, 2.45) is 5.10 Å². The summed E-state index contributed by atoms with van der Waals surface area (Å²) < 4.78 is 12.3. The highest BCUT2D eigenvalue weighted by Gasteiger charge is 2.13. The lowest BCUT2D eigenvalue weighted by atomic mass is 10.1. The van der Waals surface area contributed by atoms with E-state index in [0.29, 0.717) is 21.5 Å². The van der Waals surface area contributed by atoms with Gasteiger partial charge >= 0.3 is 0 Å². The van der Waals surface area contributed by atoms with Gasteiger partial charge in [0.15, 0.2) is 11.5 Å². The summed E-state index contributed by atoms with van der Waals surface area (Å²) in [7, 11) is 1.57. The fraction of sp³-hybridized carbons (Fsp3) is 0.167. The van der Waals surface area contributed by atoms with Crippen LogP contribution in [-0.2, 0) is 17.8 Å². The van der Waals surface area contributed by atoms with Crippen LogP contribution in [0.1, 0.15) is 22.3 Å². The average Bonchev–Trinajstić information content (AvgIpc) is 2.75. The Morgan fingerprint density at radius 3 is 2.56 bits per heavy atom. The third-order valence-corrected chi connectivity index (χ3v) is 5.92. The van der Waals surface area contributed by atoms with Crippen LogP contribution in [0.5, 0.6) is 11.5 Å². The molecule has 0 aliphatic rings. The van der Waals surface area contributed by atoms with Gasteiger partial charge in [-0.25, -0.2) is 5.43 Å². The van der Waals surface area contributed by atoms with E-state index in [1.807, 2.05) is 43.3 Å². The second-order valence-electron chi connectivity index (χ2n) is 7.01. The van der Waals surface area contributed by atoms with Gasteiger partial charge in [0.1, 0.15) is 6.61 Å². The maximum atomic E-state index is 12.1. The van der Waals surface area contributed by atoms with Crippen molar-refractivity contribution in [3.63, 3.8) is 0 Å². The first-order valence-electron chi connectivity index (χ1n) is 9.67. The van der Waals surface area contributed by atoms with E-state index in [2.05, 4.69) is 33.1 Å². The molecule has 1 amide bonds. The van der Waals surface area contributed by atoms with Crippen molar-refractivity contribution in [3.8, 4) is 11.5 Å². The number of benzene rings is 3. The lowest BCUT2D eigenvalue weighted by Gasteiger charge is -2.14. The van der Waals surface area contributed by atoms with Gasteiger partial charge in [-0.05, 0) is 64.9 Å². The van der Waals surface area contributed by atoms with Crippen LogP contribution in [-0.4, -0.2) is 19.2 Å². The van der Waals surface area contributed by atoms with E-state index in [9.17, 15) is 4.79 Å². The van der Waals surface area contributed by atoms with Gasteiger partial charge in [0.25, 0.3) is 0 Å². The molecule has 0 aliphatic heterocycles. The van der Waals surface area contributed by atoms with E-state index in [-0.39, 0.29) is 18.9 Å². The SMILES string of the molecule is COc1cc(/C=N/NC(=O)Cc2ccc(C)cc2)cc(I)c1OCc1ccc(Cl)cc1Cl. The number of rotatable bonds is 8. The molecule has 3 aromatic carbocycles. The molecular weight excluding hydrogens is 562 g/mol. The standard InChI is InChI=1S/C24H21Cl2IN2O3/c1-15-3-5-16(6-4-15)11-23(30)29-28-13-17-9-21(27)24(22(10-17)31-2)32-14-18-7-8-19(25)12-20(18)26/h3-10,12-13H,11,14H2,1-2H3,(H,29,30)/b28-13+. The van der Waals surface area contributed by atoms with Crippen LogP contribution >= 0.6 is 45.8 Å². The zero-order valence-corrected chi connectivity index (χ0v) is 21.2. The van der Waals surface area contributed by atoms with Crippen LogP contribution in [0.15, 0.2) is 59.7 Å². The van der Waals surface area contributed by atoms with Gasteiger partial charge in [-0.15, -0.1) is 0 Å². The number of methoxy groups -OCH3 is 1. The number of hydrogen-bond donors (Lipinski definition) is 1. The Kier molecular flexibility index (Phi) is 8.78. The zero-order valence-electron chi connectivity index (χ0n) is 17.5. The zero-order chi connectivity index (χ0) is 23.1. The first-order valence-corrected chi connectivity index (χ1v) is 11.5. The number of amides is 1. The molecule has 8 heteroatoms. The average molecular weight is 583 g/mol. The summed E-state index contributed by atoms with van der Waals surface area (Å²) in [5, 5.41) is 5.17. The van der Waals surface area contributed by atoms with Crippen molar-refractivity contribution in [2.45, 2.75) is 20.0 Å². The van der Waals surface area contributed by atoms with Crippen LogP contribution in [0.4, 0.5) is 0 Å². The molecule has 1 N–H and O–H groups in total. The Bertz CT molecular complexity index is 1130. The summed E-state index contributed by atoms with van der Waals surface area (Å²) in [6, 6.07) is 16.8. The van der Waals surface area contributed by atoms with Crippen molar-refractivity contribution in [1.29, 1.82) is 0 Å². The minimum absolute atomic E-state index is 0.188. The molecule has 0 heterocycles. The molecule has 0 aliphatic carbocycles. The molecule has 0 aromatic heterocycles. The summed E-state index contributed by atoms with van der Waals surface area (Å²) in [6.45, 7) is 2.28. The van der Waals surface area contributed by atoms with E-state index >= 15 is 0 Å². The molecule has 5 nitrogen and oxygen atoms in total. The Hall–Kier alpha value is -2.29. The molecule has 0 saturated heterocycles. The van der Waals surface area contributed by atoms with Crippen molar-refractivity contribution >= 4 is 57.9 Å². The number of nitrogens with one attached hydrogen (secondary N) is 1. The number of nitrogens with zero attached hydrogens (tertiary/aromatic N) is 1. The summed E-state index contributed by atoms with van der Waals surface area (Å²) in [6.07, 6.45) is 1.83. The fourth-order valence-corrected chi connectivity index (χ4v) is 4.10. The molecule has 3 aromatic rings. The largest absolute Gasteiger partial charge is 0.493 e. The summed E-state index contributed by atoms with van der Waals surface area (Å²) >= 11 is 14.3. The summed E-state index contributed by atoms with van der Waals surface area (Å²) in [5.41, 5.74) is 6.22. The van der Waals surface area contributed by atoms with Gasteiger partial charge in [-0.2, -0.15) is 5.10 Å². The molecule has 0 radical (unpaired) electrons. The Morgan fingerprint density at radius 1 is 1.12 bits per heavy atom. The number of hydrogen-bond acceptors (Lipinski definition) is 4. The number of ether oxygens (including phenoxy) is 2. The molecule has 0 fully saturated rings. The van der Waals surface area contributed by atoms with Gasteiger partial charge in [0.05, 0.1) is 23.3 Å². The molecule has 32 heavy (non-hydrogen) atoms. The predicted octanol–water partition coefficient (Wildman–Crippen LogP) is 6.19. The second kappa shape index (κ2) is 11.5. The number of carbonyl (C=O) groups is 1. The molecule has 0 atom stereocenters. The van der Waals surface area contributed by atoms with E-state index in [0.717, 1.165) is 25.8 Å². The van der Waals surface area contributed by atoms with E-state index in [1.165, 1.54) is 0 Å². The summed E-state index contributed by atoms with van der Waals surface area (Å²) in [5.74, 6) is 0.959. The second-order valence-corrected chi connectivity index (χ2v) is 9.02. The maximum Gasteiger partial charge on any atom is 0.244 e. The molecule has 166 valence electrons. The van der Waals surface area contributed by atoms with Crippen LogP contribution in [0.25, 0.3) is 0 Å².